The van der Waals surface area contributed by atoms with Gasteiger partial charge in [0.2, 0.25) is 0 Å². The average Bonchev–Trinajstić information content (AvgIpc) is 3.22. The number of aromatic nitrogens is 1. The Morgan fingerprint density at radius 1 is 0.939 bits per heavy atom. The summed E-state index contributed by atoms with van der Waals surface area (Å²) in [5, 5.41) is 14.5. The minimum absolute atomic E-state index is 0.108. The largest absolute Gasteiger partial charge is 0.389 e. The zero-order valence-corrected chi connectivity index (χ0v) is 18.7. The van der Waals surface area contributed by atoms with Crippen molar-refractivity contribution in [3.05, 3.63) is 88.8 Å². The van der Waals surface area contributed by atoms with Crippen LogP contribution in [0.3, 0.4) is 0 Å². The molecule has 1 fully saturated rings. The molecule has 1 unspecified atom stereocenters. The maximum Gasteiger partial charge on any atom is 0.150 e. The van der Waals surface area contributed by atoms with Gasteiger partial charge in [0.05, 0.1) is 24.9 Å². The van der Waals surface area contributed by atoms with E-state index in [0.717, 1.165) is 55.3 Å². The lowest BCUT2D eigenvalue weighted by molar-refractivity contribution is -0.0152. The molecule has 6 nitrogen and oxygen atoms in total. The number of aryl methyl sites for hydroxylation is 1. The standard InChI is InChI=1S/C25H29F2N3O3/c1-18-14-24(33-28-18)16-30-12-10-29(11-13-30)15-23(31)17-32-25(19-2-6-21(26)7-3-19)20-4-8-22(27)9-5-20/h2-9,14,23,25,31H,10-13,15-17H2,1H3. The van der Waals surface area contributed by atoms with Gasteiger partial charge >= 0.3 is 0 Å². The number of β-amino-alcohol motifs (C(OH)–C–C–N with tert-alkyl or cyclic N) is 1. The van der Waals surface area contributed by atoms with Crippen LogP contribution in [0.5, 0.6) is 0 Å². The number of nitrogens with zero attached hydrogens (tertiary/aromatic N) is 3. The van der Waals surface area contributed by atoms with E-state index < -0.39 is 12.2 Å². The summed E-state index contributed by atoms with van der Waals surface area (Å²) in [6.45, 7) is 6.67. The van der Waals surface area contributed by atoms with E-state index in [1.54, 1.807) is 24.3 Å². The second-order valence-electron chi connectivity index (χ2n) is 8.48. The summed E-state index contributed by atoms with van der Waals surface area (Å²) < 4.78 is 38.1. The number of benzene rings is 2. The van der Waals surface area contributed by atoms with Crippen molar-refractivity contribution in [2.75, 3.05) is 39.3 Å². The molecule has 8 heteroatoms. The van der Waals surface area contributed by atoms with Gasteiger partial charge in [0.25, 0.3) is 0 Å². The van der Waals surface area contributed by atoms with Crippen LogP contribution in [-0.4, -0.2) is 65.5 Å². The fourth-order valence-electron chi connectivity index (χ4n) is 4.06. The summed E-state index contributed by atoms with van der Waals surface area (Å²) in [7, 11) is 0. The van der Waals surface area contributed by atoms with E-state index in [-0.39, 0.29) is 18.2 Å². The molecule has 0 saturated carbocycles. The molecule has 2 heterocycles. The smallest absolute Gasteiger partial charge is 0.150 e. The molecule has 0 radical (unpaired) electrons. The predicted molar refractivity (Wildman–Crippen MR) is 120 cm³/mol. The molecule has 0 amide bonds. The molecule has 0 aliphatic carbocycles. The minimum atomic E-state index is -0.683. The average molecular weight is 458 g/mol. The van der Waals surface area contributed by atoms with Gasteiger partial charge in [0, 0.05) is 38.8 Å². The molecule has 1 aromatic heterocycles. The first-order valence-corrected chi connectivity index (χ1v) is 11.1. The quantitative estimate of drug-likeness (QED) is 0.530. The monoisotopic (exact) mass is 457 g/mol. The van der Waals surface area contributed by atoms with Crippen molar-refractivity contribution in [3.8, 4) is 0 Å². The van der Waals surface area contributed by atoms with Crippen molar-refractivity contribution in [2.24, 2.45) is 0 Å². The van der Waals surface area contributed by atoms with Crippen LogP contribution in [-0.2, 0) is 11.3 Å². The lowest BCUT2D eigenvalue weighted by Crippen LogP contribution is -2.48. The molecule has 176 valence electrons. The number of halogens is 2. The van der Waals surface area contributed by atoms with E-state index in [0.29, 0.717) is 6.54 Å². The van der Waals surface area contributed by atoms with E-state index in [1.165, 1.54) is 24.3 Å². The highest BCUT2D eigenvalue weighted by atomic mass is 19.1. The summed E-state index contributed by atoms with van der Waals surface area (Å²) >= 11 is 0. The van der Waals surface area contributed by atoms with E-state index in [4.69, 9.17) is 9.26 Å². The number of aliphatic hydroxyl groups excluding tert-OH is 1. The molecule has 3 aromatic rings. The van der Waals surface area contributed by atoms with Crippen LogP contribution in [0.1, 0.15) is 28.7 Å². The summed E-state index contributed by atoms with van der Waals surface area (Å²) in [6.07, 6.45) is -1.21. The molecular weight excluding hydrogens is 428 g/mol. The molecule has 0 spiro atoms. The summed E-state index contributed by atoms with van der Waals surface area (Å²) in [6, 6.07) is 14.0. The maximum absolute atomic E-state index is 13.4. The van der Waals surface area contributed by atoms with E-state index >= 15 is 0 Å². The molecule has 0 bridgehead atoms. The summed E-state index contributed by atoms with van der Waals surface area (Å²) in [4.78, 5) is 4.51. The molecule has 1 N–H and O–H groups in total. The van der Waals surface area contributed by atoms with Crippen molar-refractivity contribution < 1.29 is 23.1 Å². The molecular formula is C25H29F2N3O3. The molecule has 33 heavy (non-hydrogen) atoms. The Morgan fingerprint density at radius 2 is 1.48 bits per heavy atom. The molecule has 1 atom stereocenters. The van der Waals surface area contributed by atoms with E-state index in [2.05, 4.69) is 15.0 Å². The van der Waals surface area contributed by atoms with Crippen LogP contribution in [0, 0.1) is 18.6 Å². The number of hydrogen-bond donors (Lipinski definition) is 1. The highest BCUT2D eigenvalue weighted by Gasteiger charge is 2.22. The zero-order valence-electron chi connectivity index (χ0n) is 18.7. The summed E-state index contributed by atoms with van der Waals surface area (Å²) in [5.74, 6) is 0.186. The Labute approximate surface area is 192 Å². The van der Waals surface area contributed by atoms with Crippen molar-refractivity contribution in [3.63, 3.8) is 0 Å². The van der Waals surface area contributed by atoms with Crippen molar-refractivity contribution in [1.82, 2.24) is 15.0 Å². The van der Waals surface area contributed by atoms with Gasteiger partial charge in [-0.25, -0.2) is 8.78 Å². The Bertz CT molecular complexity index is 957. The first-order valence-electron chi connectivity index (χ1n) is 11.1. The van der Waals surface area contributed by atoms with Crippen molar-refractivity contribution in [2.45, 2.75) is 25.7 Å². The maximum atomic E-state index is 13.4. The van der Waals surface area contributed by atoms with Crippen LogP contribution in [0.4, 0.5) is 8.78 Å². The lowest BCUT2D eigenvalue weighted by atomic mass is 10.0. The Kier molecular flexibility index (Phi) is 7.82. The highest BCUT2D eigenvalue weighted by Crippen LogP contribution is 2.27. The minimum Gasteiger partial charge on any atom is -0.389 e. The van der Waals surface area contributed by atoms with Gasteiger partial charge in [-0.05, 0) is 42.3 Å². The second-order valence-corrected chi connectivity index (χ2v) is 8.48. The van der Waals surface area contributed by atoms with Crippen LogP contribution in [0.15, 0.2) is 59.1 Å². The fraction of sp³-hybridized carbons (Fsp3) is 0.400. The summed E-state index contributed by atoms with van der Waals surface area (Å²) in [5.41, 5.74) is 2.37. The number of ether oxygens (including phenoxy) is 1. The molecule has 1 saturated heterocycles. The van der Waals surface area contributed by atoms with Gasteiger partial charge in [-0.2, -0.15) is 0 Å². The number of piperazine rings is 1. The molecule has 1 aliphatic heterocycles. The molecule has 1 aliphatic rings. The van der Waals surface area contributed by atoms with Crippen LogP contribution >= 0.6 is 0 Å². The van der Waals surface area contributed by atoms with Gasteiger partial charge < -0.3 is 14.4 Å². The third kappa shape index (κ3) is 6.68. The SMILES string of the molecule is Cc1cc(CN2CCN(CC(O)COC(c3ccc(F)cc3)c3ccc(F)cc3)CC2)on1. The van der Waals surface area contributed by atoms with Crippen molar-refractivity contribution in [1.29, 1.82) is 0 Å². The zero-order chi connectivity index (χ0) is 23.2. The first-order chi connectivity index (χ1) is 16.0. The fourth-order valence-corrected chi connectivity index (χ4v) is 4.06. The van der Waals surface area contributed by atoms with E-state index in [9.17, 15) is 13.9 Å². The van der Waals surface area contributed by atoms with Gasteiger partial charge in [0.15, 0.2) is 5.76 Å². The van der Waals surface area contributed by atoms with Crippen LogP contribution in [0.25, 0.3) is 0 Å². The molecule has 2 aromatic carbocycles. The third-order valence-electron chi connectivity index (χ3n) is 5.79. The Balaban J connectivity index is 1.29. The van der Waals surface area contributed by atoms with Crippen LogP contribution in [0.2, 0.25) is 0 Å². The highest BCUT2D eigenvalue weighted by molar-refractivity contribution is 5.30. The number of hydrogen-bond acceptors (Lipinski definition) is 6. The van der Waals surface area contributed by atoms with Gasteiger partial charge in [-0.1, -0.05) is 29.4 Å². The lowest BCUT2D eigenvalue weighted by Gasteiger charge is -2.35. The van der Waals surface area contributed by atoms with Gasteiger partial charge in [-0.15, -0.1) is 0 Å². The third-order valence-corrected chi connectivity index (χ3v) is 5.79. The second kappa shape index (κ2) is 11.0. The van der Waals surface area contributed by atoms with Crippen molar-refractivity contribution >= 4 is 0 Å². The topological polar surface area (TPSA) is 62.0 Å². The van der Waals surface area contributed by atoms with E-state index in [1.807, 2.05) is 13.0 Å². The number of rotatable bonds is 9. The first kappa shape index (κ1) is 23.5. The van der Waals surface area contributed by atoms with Crippen LogP contribution < -0.4 is 0 Å². The normalized spacial score (nSPS) is 16.4. The Hall–Kier alpha value is -2.65. The number of aliphatic hydroxyl groups is 1. The van der Waals surface area contributed by atoms with Gasteiger partial charge in [0.1, 0.15) is 17.7 Å². The Morgan fingerprint density at radius 3 is 2.00 bits per heavy atom. The predicted octanol–water partition coefficient (Wildman–Crippen LogP) is 3.55. The molecule has 4 rings (SSSR count). The van der Waals surface area contributed by atoms with Gasteiger partial charge in [-0.3, -0.25) is 9.80 Å².